The Morgan fingerprint density at radius 3 is 3.17 bits per heavy atom. The molecule has 1 aliphatic heterocycles. The highest BCUT2D eigenvalue weighted by Crippen LogP contribution is 2.30. The van der Waals surface area contributed by atoms with Crippen LogP contribution in [0.25, 0.3) is 0 Å². The van der Waals surface area contributed by atoms with E-state index in [4.69, 9.17) is 27.5 Å². The van der Waals surface area contributed by atoms with Gasteiger partial charge in [0, 0.05) is 37.9 Å². The summed E-state index contributed by atoms with van der Waals surface area (Å²) in [5.74, 6) is 1.19. The standard InChI is InChI=1S/C12H17ClN4O/c1-18-7-8-3-5-17(6-8)12-10(13)9(11(14)15)2-4-16-12/h2,4,8H,3,5-7H2,1H3,(H3,14,15). The molecule has 0 saturated carbocycles. The second kappa shape index (κ2) is 5.54. The lowest BCUT2D eigenvalue weighted by Crippen LogP contribution is -2.23. The number of nitrogens with zero attached hydrogens (tertiary/aromatic N) is 2. The Labute approximate surface area is 111 Å². The Morgan fingerprint density at radius 1 is 1.72 bits per heavy atom. The molecule has 3 N–H and O–H groups in total. The van der Waals surface area contributed by atoms with E-state index >= 15 is 0 Å². The third-order valence-electron chi connectivity index (χ3n) is 3.15. The number of hydrogen-bond acceptors (Lipinski definition) is 4. The lowest BCUT2D eigenvalue weighted by Gasteiger charge is -2.19. The van der Waals surface area contributed by atoms with Gasteiger partial charge in [-0.3, -0.25) is 5.41 Å². The molecule has 5 nitrogen and oxygen atoms in total. The Balaban J connectivity index is 2.19. The average molecular weight is 269 g/mol. The van der Waals surface area contributed by atoms with E-state index in [9.17, 15) is 0 Å². The van der Waals surface area contributed by atoms with Crippen LogP contribution < -0.4 is 10.6 Å². The summed E-state index contributed by atoms with van der Waals surface area (Å²) >= 11 is 6.25. The number of ether oxygens (including phenoxy) is 1. The fourth-order valence-electron chi connectivity index (χ4n) is 2.26. The molecule has 0 aromatic carbocycles. The van der Waals surface area contributed by atoms with Crippen molar-refractivity contribution in [1.29, 1.82) is 5.41 Å². The summed E-state index contributed by atoms with van der Waals surface area (Å²) in [6.45, 7) is 2.53. The van der Waals surface area contributed by atoms with E-state index < -0.39 is 0 Å². The largest absolute Gasteiger partial charge is 0.384 e. The zero-order chi connectivity index (χ0) is 13.1. The van der Waals surface area contributed by atoms with Crippen LogP contribution in [0.3, 0.4) is 0 Å². The summed E-state index contributed by atoms with van der Waals surface area (Å²) in [7, 11) is 1.71. The Morgan fingerprint density at radius 2 is 2.50 bits per heavy atom. The molecule has 2 rings (SSSR count). The highest BCUT2D eigenvalue weighted by atomic mass is 35.5. The molecule has 1 unspecified atom stereocenters. The van der Waals surface area contributed by atoms with Crippen LogP contribution in [0.1, 0.15) is 12.0 Å². The van der Waals surface area contributed by atoms with Gasteiger partial charge in [-0.1, -0.05) is 11.6 Å². The highest BCUT2D eigenvalue weighted by Gasteiger charge is 2.25. The summed E-state index contributed by atoms with van der Waals surface area (Å²) in [5.41, 5.74) is 6.03. The maximum atomic E-state index is 7.48. The van der Waals surface area contributed by atoms with Crippen LogP contribution in [0.2, 0.25) is 5.02 Å². The summed E-state index contributed by atoms with van der Waals surface area (Å²) in [4.78, 5) is 6.42. The van der Waals surface area contributed by atoms with Gasteiger partial charge in [-0.2, -0.15) is 0 Å². The molecule has 1 fully saturated rings. The fourth-order valence-corrected chi connectivity index (χ4v) is 2.59. The van der Waals surface area contributed by atoms with Crippen LogP contribution in [0.15, 0.2) is 12.3 Å². The molecule has 0 bridgehead atoms. The van der Waals surface area contributed by atoms with E-state index in [1.54, 1.807) is 19.4 Å². The molecule has 18 heavy (non-hydrogen) atoms. The van der Waals surface area contributed by atoms with E-state index in [0.29, 0.717) is 22.3 Å². The van der Waals surface area contributed by atoms with Crippen molar-refractivity contribution in [3.8, 4) is 0 Å². The minimum absolute atomic E-state index is 0.0312. The van der Waals surface area contributed by atoms with Crippen molar-refractivity contribution >= 4 is 23.3 Å². The van der Waals surface area contributed by atoms with Crippen LogP contribution in [0.4, 0.5) is 5.82 Å². The zero-order valence-corrected chi connectivity index (χ0v) is 11.1. The van der Waals surface area contributed by atoms with Gasteiger partial charge in [0.05, 0.1) is 11.6 Å². The van der Waals surface area contributed by atoms with Crippen LogP contribution in [-0.4, -0.2) is 37.6 Å². The lowest BCUT2D eigenvalue weighted by molar-refractivity contribution is 0.161. The van der Waals surface area contributed by atoms with Gasteiger partial charge in [0.25, 0.3) is 0 Å². The molecule has 0 radical (unpaired) electrons. The molecule has 0 aliphatic carbocycles. The van der Waals surface area contributed by atoms with Gasteiger partial charge >= 0.3 is 0 Å². The third kappa shape index (κ3) is 2.57. The molecule has 1 aromatic heterocycles. The fraction of sp³-hybridized carbons (Fsp3) is 0.500. The number of aromatic nitrogens is 1. The summed E-state index contributed by atoms with van der Waals surface area (Å²) < 4.78 is 5.17. The van der Waals surface area contributed by atoms with Crippen molar-refractivity contribution in [3.63, 3.8) is 0 Å². The number of nitrogens with one attached hydrogen (secondary N) is 1. The number of amidine groups is 1. The van der Waals surface area contributed by atoms with Crippen molar-refractivity contribution in [3.05, 3.63) is 22.8 Å². The number of methoxy groups -OCH3 is 1. The Kier molecular flexibility index (Phi) is 4.04. The smallest absolute Gasteiger partial charge is 0.148 e. The van der Waals surface area contributed by atoms with Crippen LogP contribution in [0, 0.1) is 11.3 Å². The van der Waals surface area contributed by atoms with E-state index in [1.165, 1.54) is 0 Å². The van der Waals surface area contributed by atoms with E-state index in [1.807, 2.05) is 0 Å². The molecular formula is C12H17ClN4O. The van der Waals surface area contributed by atoms with Gasteiger partial charge in [-0.15, -0.1) is 0 Å². The van der Waals surface area contributed by atoms with E-state index in [2.05, 4.69) is 9.88 Å². The molecule has 1 aliphatic rings. The van der Waals surface area contributed by atoms with Crippen LogP contribution in [0.5, 0.6) is 0 Å². The highest BCUT2D eigenvalue weighted by molar-refractivity contribution is 6.36. The van der Waals surface area contributed by atoms with Gasteiger partial charge in [0.15, 0.2) is 0 Å². The number of rotatable bonds is 4. The van der Waals surface area contributed by atoms with Gasteiger partial charge in [0.2, 0.25) is 0 Å². The number of halogens is 1. The summed E-state index contributed by atoms with van der Waals surface area (Å²) in [6, 6.07) is 1.66. The first-order chi connectivity index (χ1) is 8.63. The Hall–Kier alpha value is -1.33. The molecule has 0 spiro atoms. The third-order valence-corrected chi connectivity index (χ3v) is 3.52. The van der Waals surface area contributed by atoms with E-state index in [-0.39, 0.29) is 5.84 Å². The maximum Gasteiger partial charge on any atom is 0.148 e. The minimum Gasteiger partial charge on any atom is -0.384 e. The van der Waals surface area contributed by atoms with Gasteiger partial charge in [-0.25, -0.2) is 4.98 Å². The average Bonchev–Trinajstić information content (AvgIpc) is 2.78. The van der Waals surface area contributed by atoms with Crippen molar-refractivity contribution in [2.45, 2.75) is 6.42 Å². The molecule has 98 valence electrons. The summed E-state index contributed by atoms with van der Waals surface area (Å²) in [6.07, 6.45) is 2.71. The normalized spacial score (nSPS) is 19.2. The van der Waals surface area contributed by atoms with Crippen LogP contribution >= 0.6 is 11.6 Å². The molecule has 1 atom stereocenters. The maximum absolute atomic E-state index is 7.48. The van der Waals surface area contributed by atoms with Crippen molar-refractivity contribution in [2.75, 3.05) is 31.7 Å². The second-order valence-electron chi connectivity index (χ2n) is 4.47. The molecule has 1 aromatic rings. The summed E-state index contributed by atoms with van der Waals surface area (Å²) in [5, 5.41) is 7.94. The predicted octanol–water partition coefficient (Wildman–Crippen LogP) is 1.49. The molecule has 2 heterocycles. The number of pyridine rings is 1. The number of nitrogens with two attached hydrogens (primary N) is 1. The zero-order valence-electron chi connectivity index (χ0n) is 10.3. The molecule has 0 amide bonds. The first-order valence-electron chi connectivity index (χ1n) is 5.86. The van der Waals surface area contributed by atoms with Crippen molar-refractivity contribution in [1.82, 2.24) is 4.98 Å². The molecule has 6 heteroatoms. The van der Waals surface area contributed by atoms with Gasteiger partial charge < -0.3 is 15.4 Å². The van der Waals surface area contributed by atoms with Crippen LogP contribution in [-0.2, 0) is 4.74 Å². The minimum atomic E-state index is -0.0312. The van der Waals surface area contributed by atoms with E-state index in [0.717, 1.165) is 26.1 Å². The monoisotopic (exact) mass is 268 g/mol. The number of hydrogen-bond donors (Lipinski definition) is 2. The van der Waals surface area contributed by atoms with Gasteiger partial charge in [-0.05, 0) is 12.5 Å². The SMILES string of the molecule is COCC1CCN(c2nccc(C(=N)N)c2Cl)C1. The first-order valence-corrected chi connectivity index (χ1v) is 6.24. The molecular weight excluding hydrogens is 252 g/mol. The van der Waals surface area contributed by atoms with Crippen molar-refractivity contribution in [2.24, 2.45) is 11.7 Å². The molecule has 1 saturated heterocycles. The quantitative estimate of drug-likeness (QED) is 0.641. The number of anilines is 1. The lowest BCUT2D eigenvalue weighted by atomic mass is 10.1. The predicted molar refractivity (Wildman–Crippen MR) is 72.5 cm³/mol. The Bertz CT molecular complexity index is 452. The second-order valence-corrected chi connectivity index (χ2v) is 4.84. The van der Waals surface area contributed by atoms with Gasteiger partial charge in [0.1, 0.15) is 11.7 Å². The number of nitrogen functional groups attached to an aromatic ring is 1. The topological polar surface area (TPSA) is 75.2 Å². The van der Waals surface area contributed by atoms with Crippen molar-refractivity contribution < 1.29 is 4.74 Å². The first kappa shape index (κ1) is 13.1.